The van der Waals surface area contributed by atoms with Crippen LogP contribution in [0.2, 0.25) is 0 Å². The van der Waals surface area contributed by atoms with E-state index in [2.05, 4.69) is 0 Å². The van der Waals surface area contributed by atoms with E-state index in [0.29, 0.717) is 12.8 Å². The molecule has 0 bridgehead atoms. The summed E-state index contributed by atoms with van der Waals surface area (Å²) in [6.45, 7) is -1.22. The van der Waals surface area contributed by atoms with Crippen LogP contribution in [0.4, 0.5) is 13.2 Å². The second-order valence-electron chi connectivity index (χ2n) is 4.05. The van der Waals surface area contributed by atoms with Gasteiger partial charge in [0.05, 0.1) is 0 Å². The maximum atomic E-state index is 12.2. The lowest BCUT2D eigenvalue weighted by atomic mass is 10.1. The molecule has 1 saturated carbocycles. The summed E-state index contributed by atoms with van der Waals surface area (Å²) in [7, 11) is 0. The number of rotatable bonds is 4. The molecule has 0 unspecified atom stereocenters. The molecule has 1 fully saturated rings. The number of amides is 1. The van der Waals surface area contributed by atoms with Crippen molar-refractivity contribution in [3.63, 3.8) is 0 Å². The van der Waals surface area contributed by atoms with Crippen LogP contribution in [0.1, 0.15) is 25.7 Å². The third-order valence-electron chi connectivity index (χ3n) is 2.74. The van der Waals surface area contributed by atoms with E-state index in [1.165, 1.54) is 0 Å². The lowest BCUT2D eigenvalue weighted by Gasteiger charge is -2.25. The van der Waals surface area contributed by atoms with Gasteiger partial charge in [0.15, 0.2) is 0 Å². The normalized spacial score (nSPS) is 17.8. The van der Waals surface area contributed by atoms with E-state index in [1.807, 2.05) is 0 Å². The predicted molar refractivity (Wildman–Crippen MR) is 55.3 cm³/mol. The average Bonchev–Trinajstić information content (AvgIpc) is 2.66. The van der Waals surface area contributed by atoms with E-state index in [9.17, 15) is 18.0 Å². The number of carbonyl (C=O) groups excluding carboxylic acids is 1. The fraction of sp³-hybridized carbons (Fsp3) is 0.900. The summed E-state index contributed by atoms with van der Waals surface area (Å²) < 4.78 is 36.7. The molecule has 6 heteroatoms. The molecule has 1 aliphatic carbocycles. The smallest absolute Gasteiger partial charge is 0.332 e. The van der Waals surface area contributed by atoms with Crippen molar-refractivity contribution in [2.24, 2.45) is 5.92 Å². The lowest BCUT2D eigenvalue weighted by Crippen LogP contribution is -2.42. The zero-order valence-electron chi connectivity index (χ0n) is 8.89. The van der Waals surface area contributed by atoms with E-state index in [-0.39, 0.29) is 18.3 Å². The highest BCUT2D eigenvalue weighted by Crippen LogP contribution is 2.27. The monoisotopic (exact) mass is 257 g/mol. The Hall–Kier alpha value is -0.450. The largest absolute Gasteiger partial charge is 0.406 e. The summed E-state index contributed by atoms with van der Waals surface area (Å²) >= 11 is 5.41. The predicted octanol–water partition coefficient (Wildman–Crippen LogP) is 2.81. The molecular weight excluding hydrogens is 243 g/mol. The molecule has 1 aliphatic rings. The Morgan fingerprint density at radius 3 is 2.31 bits per heavy atom. The van der Waals surface area contributed by atoms with Crippen LogP contribution in [0.15, 0.2) is 0 Å². The van der Waals surface area contributed by atoms with Gasteiger partial charge < -0.3 is 4.90 Å². The molecule has 1 amide bonds. The van der Waals surface area contributed by atoms with Crippen LogP contribution in [0.25, 0.3) is 0 Å². The second-order valence-corrected chi connectivity index (χ2v) is 4.42. The number of hydrogen-bond donors (Lipinski definition) is 0. The molecule has 0 heterocycles. The highest BCUT2D eigenvalue weighted by molar-refractivity contribution is 6.18. The van der Waals surface area contributed by atoms with Gasteiger partial charge in [0.1, 0.15) is 6.54 Å². The van der Waals surface area contributed by atoms with Crippen LogP contribution in [-0.2, 0) is 4.79 Å². The topological polar surface area (TPSA) is 20.3 Å². The minimum absolute atomic E-state index is 0.0314. The minimum Gasteiger partial charge on any atom is -0.332 e. The van der Waals surface area contributed by atoms with Gasteiger partial charge in [0.2, 0.25) is 5.91 Å². The standard InChI is InChI=1S/C10H15ClF3NO/c11-5-6-15(7-10(12,13)14)9(16)8-3-1-2-4-8/h8H,1-7H2. The molecule has 0 saturated heterocycles. The maximum Gasteiger partial charge on any atom is 0.406 e. The Kier molecular flexibility index (Phi) is 4.89. The summed E-state index contributed by atoms with van der Waals surface area (Å²) in [5.41, 5.74) is 0. The van der Waals surface area contributed by atoms with Gasteiger partial charge in [-0.15, -0.1) is 11.6 Å². The maximum absolute atomic E-state index is 12.2. The van der Waals surface area contributed by atoms with Crippen LogP contribution in [0, 0.1) is 5.92 Å². The first-order valence-electron chi connectivity index (χ1n) is 5.35. The van der Waals surface area contributed by atoms with Crippen molar-refractivity contribution in [3.8, 4) is 0 Å². The van der Waals surface area contributed by atoms with Gasteiger partial charge in [-0.3, -0.25) is 4.79 Å². The average molecular weight is 258 g/mol. The minimum atomic E-state index is -4.35. The molecule has 0 aromatic rings. The molecule has 1 rings (SSSR count). The number of halogens is 4. The number of hydrogen-bond acceptors (Lipinski definition) is 1. The Bertz CT molecular complexity index is 239. The first kappa shape index (κ1) is 13.6. The molecule has 2 nitrogen and oxygen atoms in total. The van der Waals surface area contributed by atoms with E-state index in [0.717, 1.165) is 17.7 Å². The quantitative estimate of drug-likeness (QED) is 0.709. The van der Waals surface area contributed by atoms with Crippen molar-refractivity contribution in [2.75, 3.05) is 19.0 Å². The Labute approximate surface area is 97.7 Å². The number of alkyl halides is 4. The zero-order valence-corrected chi connectivity index (χ0v) is 9.65. The molecule has 94 valence electrons. The highest BCUT2D eigenvalue weighted by Gasteiger charge is 2.35. The van der Waals surface area contributed by atoms with E-state index in [1.54, 1.807) is 0 Å². The van der Waals surface area contributed by atoms with E-state index >= 15 is 0 Å². The van der Waals surface area contributed by atoms with Crippen molar-refractivity contribution >= 4 is 17.5 Å². The fourth-order valence-electron chi connectivity index (χ4n) is 2.02. The Morgan fingerprint density at radius 2 is 1.88 bits per heavy atom. The molecule has 16 heavy (non-hydrogen) atoms. The summed E-state index contributed by atoms with van der Waals surface area (Å²) in [4.78, 5) is 12.6. The summed E-state index contributed by atoms with van der Waals surface area (Å²) in [6, 6.07) is 0. The van der Waals surface area contributed by atoms with Gasteiger partial charge in [-0.05, 0) is 12.8 Å². The molecule has 0 N–H and O–H groups in total. The molecule has 0 atom stereocenters. The van der Waals surface area contributed by atoms with Crippen molar-refractivity contribution in [1.29, 1.82) is 0 Å². The van der Waals surface area contributed by atoms with Gasteiger partial charge >= 0.3 is 6.18 Å². The SMILES string of the molecule is O=C(C1CCCC1)N(CCCl)CC(F)(F)F. The van der Waals surface area contributed by atoms with Gasteiger partial charge in [-0.25, -0.2) is 0 Å². The Morgan fingerprint density at radius 1 is 1.31 bits per heavy atom. The van der Waals surface area contributed by atoms with E-state index in [4.69, 9.17) is 11.6 Å². The van der Waals surface area contributed by atoms with Gasteiger partial charge in [-0.2, -0.15) is 13.2 Å². The lowest BCUT2D eigenvalue weighted by molar-refractivity contribution is -0.163. The van der Waals surface area contributed by atoms with E-state index < -0.39 is 18.6 Å². The highest BCUT2D eigenvalue weighted by atomic mass is 35.5. The molecule has 0 radical (unpaired) electrons. The Balaban J connectivity index is 2.57. The van der Waals surface area contributed by atoms with Gasteiger partial charge in [0.25, 0.3) is 0 Å². The van der Waals surface area contributed by atoms with Crippen molar-refractivity contribution in [1.82, 2.24) is 4.90 Å². The van der Waals surface area contributed by atoms with Crippen LogP contribution in [-0.4, -0.2) is 36.0 Å². The van der Waals surface area contributed by atoms with Gasteiger partial charge in [0, 0.05) is 18.3 Å². The van der Waals surface area contributed by atoms with Crippen molar-refractivity contribution < 1.29 is 18.0 Å². The molecule has 0 aromatic heterocycles. The third kappa shape index (κ3) is 4.20. The number of nitrogens with zero attached hydrogens (tertiary/aromatic N) is 1. The summed E-state index contributed by atoms with van der Waals surface area (Å²) in [5, 5.41) is 0. The molecular formula is C10H15ClF3NO. The van der Waals surface area contributed by atoms with Gasteiger partial charge in [-0.1, -0.05) is 12.8 Å². The molecule has 0 aliphatic heterocycles. The zero-order chi connectivity index (χ0) is 12.2. The molecule has 0 aromatic carbocycles. The molecule has 0 spiro atoms. The first-order valence-corrected chi connectivity index (χ1v) is 5.89. The summed E-state index contributed by atoms with van der Waals surface area (Å²) in [6.07, 6.45) is -1.08. The fourth-order valence-corrected chi connectivity index (χ4v) is 2.22. The van der Waals surface area contributed by atoms with Crippen LogP contribution in [0.5, 0.6) is 0 Å². The van der Waals surface area contributed by atoms with Crippen LogP contribution < -0.4 is 0 Å². The second kappa shape index (κ2) is 5.75. The first-order chi connectivity index (χ1) is 7.44. The third-order valence-corrected chi connectivity index (χ3v) is 2.91. The van der Waals surface area contributed by atoms with Crippen molar-refractivity contribution in [2.45, 2.75) is 31.9 Å². The summed E-state index contributed by atoms with van der Waals surface area (Å²) in [5.74, 6) is -0.588. The van der Waals surface area contributed by atoms with Crippen LogP contribution in [0.3, 0.4) is 0 Å². The number of carbonyl (C=O) groups is 1. The van der Waals surface area contributed by atoms with Crippen LogP contribution >= 0.6 is 11.6 Å². The van der Waals surface area contributed by atoms with Crippen molar-refractivity contribution in [3.05, 3.63) is 0 Å².